The zero-order valence-corrected chi connectivity index (χ0v) is 17.0. The summed E-state index contributed by atoms with van der Waals surface area (Å²) in [5, 5.41) is 12.5. The molecule has 0 fully saturated rings. The lowest BCUT2D eigenvalue weighted by atomic mass is 10.1. The maximum Gasteiger partial charge on any atom is 0.335 e. The van der Waals surface area contributed by atoms with Crippen molar-refractivity contribution in [1.29, 1.82) is 0 Å². The summed E-state index contributed by atoms with van der Waals surface area (Å²) >= 11 is 6.36. The van der Waals surface area contributed by atoms with Crippen molar-refractivity contribution in [1.82, 2.24) is 0 Å². The Morgan fingerprint density at radius 1 is 1.17 bits per heavy atom. The number of hydrogen-bond donors (Lipinski definition) is 1. The number of esters is 1. The molecule has 0 bridgehead atoms. The Balaban J connectivity index is 1.49. The van der Waals surface area contributed by atoms with Crippen LogP contribution >= 0.6 is 11.6 Å². The lowest BCUT2D eigenvalue weighted by Crippen LogP contribution is -2.29. The van der Waals surface area contributed by atoms with Gasteiger partial charge in [0.05, 0.1) is 5.56 Å². The van der Waals surface area contributed by atoms with Gasteiger partial charge in [0.1, 0.15) is 18.5 Å². The number of aliphatic imine (C=N–C) groups is 1. The second-order valence-corrected chi connectivity index (χ2v) is 7.35. The molecule has 2 atom stereocenters. The van der Waals surface area contributed by atoms with E-state index in [2.05, 4.69) is 4.99 Å². The van der Waals surface area contributed by atoms with Gasteiger partial charge in [-0.2, -0.15) is 0 Å². The molecule has 3 aromatic rings. The fourth-order valence-electron chi connectivity index (χ4n) is 3.32. The van der Waals surface area contributed by atoms with E-state index in [-0.39, 0.29) is 18.3 Å². The fourth-order valence-corrected chi connectivity index (χ4v) is 3.60. The number of aromatic hydroxyl groups is 1. The summed E-state index contributed by atoms with van der Waals surface area (Å²) < 4.78 is 11.1. The molecule has 0 unspecified atom stereocenters. The summed E-state index contributed by atoms with van der Waals surface area (Å²) in [6.45, 7) is 1.87. The highest BCUT2D eigenvalue weighted by atomic mass is 35.5. The van der Waals surface area contributed by atoms with Crippen LogP contribution < -0.4 is 0 Å². The predicted octanol–water partition coefficient (Wildman–Crippen LogP) is 4.99. The number of hydrogen-bond acceptors (Lipinski definition) is 5. The van der Waals surface area contributed by atoms with Crippen molar-refractivity contribution >= 4 is 40.3 Å². The molecule has 0 saturated heterocycles. The molecule has 0 saturated carbocycles. The van der Waals surface area contributed by atoms with Crippen LogP contribution in [-0.4, -0.2) is 35.7 Å². The second kappa shape index (κ2) is 8.59. The third kappa shape index (κ3) is 4.02. The van der Waals surface area contributed by atoms with Gasteiger partial charge in [-0.3, -0.25) is 0 Å². The molecule has 30 heavy (non-hydrogen) atoms. The van der Waals surface area contributed by atoms with Gasteiger partial charge in [-0.05, 0) is 24.6 Å². The first-order chi connectivity index (χ1) is 14.5. The van der Waals surface area contributed by atoms with E-state index in [1.807, 2.05) is 54.6 Å². The van der Waals surface area contributed by atoms with Crippen LogP contribution in [0.1, 0.15) is 18.1 Å². The minimum atomic E-state index is -0.810. The van der Waals surface area contributed by atoms with Gasteiger partial charge in [0.15, 0.2) is 6.04 Å². The van der Waals surface area contributed by atoms with E-state index < -0.39 is 18.1 Å². The zero-order chi connectivity index (χ0) is 21.1. The highest BCUT2D eigenvalue weighted by Gasteiger charge is 2.36. The van der Waals surface area contributed by atoms with Crippen LogP contribution in [0.3, 0.4) is 0 Å². The average Bonchev–Trinajstić information content (AvgIpc) is 3.16. The molecule has 0 spiro atoms. The standard InChI is InChI=1S/C24H20ClNO4/c1-15-21(24(28)29-13-7-10-16-8-3-2-4-9-16)26-23(30-15)19-14-20(25)17-11-5-6-12-18(17)22(19)27/h2-12,14-15,21,27H,13H2,1H3/b10-7+/t15-,21-/m0/s1. The van der Waals surface area contributed by atoms with E-state index in [0.717, 1.165) is 10.9 Å². The number of carbonyl (C=O) groups excluding carboxylic acids is 1. The molecule has 1 aliphatic rings. The summed E-state index contributed by atoms with van der Waals surface area (Å²) in [6.07, 6.45) is 3.13. The van der Waals surface area contributed by atoms with Crippen molar-refractivity contribution in [3.8, 4) is 5.75 Å². The second-order valence-electron chi connectivity index (χ2n) is 6.95. The Kier molecular flexibility index (Phi) is 5.72. The molecule has 0 radical (unpaired) electrons. The van der Waals surface area contributed by atoms with Gasteiger partial charge in [-0.15, -0.1) is 0 Å². The van der Waals surface area contributed by atoms with Crippen molar-refractivity contribution in [2.75, 3.05) is 6.61 Å². The number of ether oxygens (including phenoxy) is 2. The summed E-state index contributed by atoms with van der Waals surface area (Å²) in [4.78, 5) is 16.8. The monoisotopic (exact) mass is 421 g/mol. The lowest BCUT2D eigenvalue weighted by Gasteiger charge is -2.12. The predicted molar refractivity (Wildman–Crippen MR) is 118 cm³/mol. The fraction of sp³-hybridized carbons (Fsp3) is 0.167. The van der Waals surface area contributed by atoms with E-state index in [0.29, 0.717) is 16.0 Å². The maximum absolute atomic E-state index is 12.5. The van der Waals surface area contributed by atoms with E-state index in [1.54, 1.807) is 25.1 Å². The molecule has 0 aromatic heterocycles. The first-order valence-electron chi connectivity index (χ1n) is 9.58. The van der Waals surface area contributed by atoms with Crippen molar-refractivity contribution in [3.63, 3.8) is 0 Å². The van der Waals surface area contributed by atoms with Crippen molar-refractivity contribution in [2.24, 2.45) is 4.99 Å². The molecule has 0 aliphatic carbocycles. The molecule has 3 aromatic carbocycles. The number of nitrogens with zero attached hydrogens (tertiary/aromatic N) is 1. The van der Waals surface area contributed by atoms with Crippen molar-refractivity contribution in [2.45, 2.75) is 19.1 Å². The van der Waals surface area contributed by atoms with E-state index in [9.17, 15) is 9.90 Å². The molecule has 6 heteroatoms. The topological polar surface area (TPSA) is 68.1 Å². The van der Waals surface area contributed by atoms with Crippen molar-refractivity contribution < 1.29 is 19.4 Å². The Morgan fingerprint density at radius 3 is 2.63 bits per heavy atom. The van der Waals surface area contributed by atoms with Crippen molar-refractivity contribution in [3.05, 3.63) is 82.9 Å². The van der Waals surface area contributed by atoms with Gasteiger partial charge < -0.3 is 14.6 Å². The quantitative estimate of drug-likeness (QED) is 0.589. The molecule has 1 heterocycles. The SMILES string of the molecule is C[C@@H]1OC(c2cc(Cl)c3ccccc3c2O)=N[C@@H]1C(=O)OC/C=C/c1ccccc1. The van der Waals surface area contributed by atoms with Crippen LogP contribution in [0.25, 0.3) is 16.8 Å². The van der Waals surface area contributed by atoms with Crippen LogP contribution in [0, 0.1) is 0 Å². The minimum Gasteiger partial charge on any atom is -0.506 e. The molecule has 1 N–H and O–H groups in total. The molecule has 1 aliphatic heterocycles. The van der Waals surface area contributed by atoms with Crippen LogP contribution in [0.4, 0.5) is 0 Å². The van der Waals surface area contributed by atoms with E-state index >= 15 is 0 Å². The largest absolute Gasteiger partial charge is 0.506 e. The highest BCUT2D eigenvalue weighted by molar-refractivity contribution is 6.36. The normalized spacial score (nSPS) is 18.4. The third-order valence-corrected chi connectivity index (χ3v) is 5.18. The van der Waals surface area contributed by atoms with Crippen LogP contribution in [0.15, 0.2) is 71.7 Å². The van der Waals surface area contributed by atoms with Gasteiger partial charge in [0, 0.05) is 15.8 Å². The number of halogens is 1. The smallest absolute Gasteiger partial charge is 0.335 e. The average molecular weight is 422 g/mol. The molecular formula is C24H20ClNO4. The number of carbonyl (C=O) groups is 1. The summed E-state index contributed by atoms with van der Waals surface area (Å²) in [5.74, 6) is -0.295. The summed E-state index contributed by atoms with van der Waals surface area (Å²) in [6, 6.07) is 17.8. The zero-order valence-electron chi connectivity index (χ0n) is 16.3. The third-order valence-electron chi connectivity index (χ3n) is 4.87. The molecule has 0 amide bonds. The number of fused-ring (bicyclic) bond motifs is 1. The lowest BCUT2D eigenvalue weighted by molar-refractivity contribution is -0.145. The van der Waals surface area contributed by atoms with Gasteiger partial charge >= 0.3 is 5.97 Å². The Hall–Kier alpha value is -3.31. The van der Waals surface area contributed by atoms with Gasteiger partial charge in [-0.1, -0.05) is 72.3 Å². The summed E-state index contributed by atoms with van der Waals surface area (Å²) in [5.41, 5.74) is 1.37. The van der Waals surface area contributed by atoms with E-state index in [4.69, 9.17) is 21.1 Å². The summed E-state index contributed by atoms with van der Waals surface area (Å²) in [7, 11) is 0. The Bertz CT molecular complexity index is 1140. The number of benzene rings is 3. The van der Waals surface area contributed by atoms with Crippen LogP contribution in [0.5, 0.6) is 5.75 Å². The van der Waals surface area contributed by atoms with Gasteiger partial charge in [0.25, 0.3) is 0 Å². The van der Waals surface area contributed by atoms with Gasteiger partial charge in [0.2, 0.25) is 5.90 Å². The first kappa shape index (κ1) is 20.0. The van der Waals surface area contributed by atoms with Crippen LogP contribution in [0.2, 0.25) is 5.02 Å². The number of rotatable bonds is 5. The molecule has 152 valence electrons. The van der Waals surface area contributed by atoms with Gasteiger partial charge in [-0.25, -0.2) is 9.79 Å². The van der Waals surface area contributed by atoms with Crippen LogP contribution in [-0.2, 0) is 14.3 Å². The Labute approximate surface area is 179 Å². The minimum absolute atomic E-state index is 0.0146. The maximum atomic E-state index is 12.5. The van der Waals surface area contributed by atoms with E-state index in [1.165, 1.54) is 0 Å². The molecular weight excluding hydrogens is 402 g/mol. The highest BCUT2D eigenvalue weighted by Crippen LogP contribution is 2.36. The Morgan fingerprint density at radius 2 is 1.87 bits per heavy atom. The number of phenols is 1. The molecule has 5 nitrogen and oxygen atoms in total. The molecule has 4 rings (SSSR count). The number of phenolic OH excluding ortho intramolecular Hbond substituents is 1. The first-order valence-corrected chi connectivity index (χ1v) is 9.95.